The third kappa shape index (κ3) is 4.37. The smallest absolute Gasteiger partial charge is 0.230 e. The Morgan fingerprint density at radius 2 is 1.82 bits per heavy atom. The minimum Gasteiger partial charge on any atom is -0.354 e. The molecule has 1 saturated carbocycles. The van der Waals surface area contributed by atoms with Crippen LogP contribution in [0.2, 0.25) is 5.02 Å². The van der Waals surface area contributed by atoms with Gasteiger partial charge in [0.25, 0.3) is 0 Å². The van der Waals surface area contributed by atoms with Gasteiger partial charge in [-0.25, -0.2) is 0 Å². The lowest BCUT2D eigenvalue weighted by Gasteiger charge is -2.36. The Bertz CT molecular complexity index is 470. The van der Waals surface area contributed by atoms with Gasteiger partial charge >= 0.3 is 0 Å². The van der Waals surface area contributed by atoms with Gasteiger partial charge in [0.05, 0.1) is 5.41 Å². The molecule has 2 N–H and O–H groups in total. The van der Waals surface area contributed by atoms with Crippen molar-refractivity contribution in [3.63, 3.8) is 0 Å². The predicted molar refractivity (Wildman–Crippen MR) is 95.0 cm³/mol. The van der Waals surface area contributed by atoms with Crippen LogP contribution < -0.4 is 10.6 Å². The Morgan fingerprint density at radius 1 is 1.23 bits per heavy atom. The molecule has 1 amide bonds. The van der Waals surface area contributed by atoms with Crippen LogP contribution >= 0.6 is 24.0 Å². The maximum absolute atomic E-state index is 12.9. The second-order valence-corrected chi connectivity index (χ2v) is 6.49. The van der Waals surface area contributed by atoms with E-state index in [1.165, 1.54) is 6.42 Å². The first-order valence-corrected chi connectivity index (χ1v) is 8.18. The molecule has 2 rings (SSSR count). The topological polar surface area (TPSA) is 41.1 Å². The predicted octanol–water partition coefficient (Wildman–Crippen LogP) is 3.69. The first-order valence-electron chi connectivity index (χ1n) is 7.80. The van der Waals surface area contributed by atoms with E-state index in [0.717, 1.165) is 31.2 Å². The monoisotopic (exact) mass is 344 g/mol. The summed E-state index contributed by atoms with van der Waals surface area (Å²) in [5.74, 6) is 0.159. The molecule has 0 radical (unpaired) electrons. The highest BCUT2D eigenvalue weighted by Gasteiger charge is 2.40. The van der Waals surface area contributed by atoms with Crippen molar-refractivity contribution in [3.8, 4) is 0 Å². The van der Waals surface area contributed by atoms with Gasteiger partial charge < -0.3 is 10.6 Å². The van der Waals surface area contributed by atoms with E-state index in [0.29, 0.717) is 11.6 Å². The highest BCUT2D eigenvalue weighted by Crippen LogP contribution is 2.40. The standard InChI is InChI=1S/C17H25ClN2O.ClH/c1-13(19-2)12-20-16(21)17(10-4-3-5-11-17)14-6-8-15(18)9-7-14;/h6-9,13,19H,3-5,10-12H2,1-2H3,(H,20,21);1H. The van der Waals surface area contributed by atoms with Crippen molar-refractivity contribution < 1.29 is 4.79 Å². The van der Waals surface area contributed by atoms with E-state index in [9.17, 15) is 4.79 Å². The molecule has 3 nitrogen and oxygen atoms in total. The van der Waals surface area contributed by atoms with E-state index in [1.807, 2.05) is 31.3 Å². The van der Waals surface area contributed by atoms with Crippen LogP contribution in [0.4, 0.5) is 0 Å². The molecule has 0 heterocycles. The second kappa shape index (κ2) is 8.76. The average Bonchev–Trinajstić information content (AvgIpc) is 2.53. The van der Waals surface area contributed by atoms with Crippen LogP contribution in [0.25, 0.3) is 0 Å². The normalized spacial score (nSPS) is 18.1. The molecule has 1 atom stereocenters. The minimum absolute atomic E-state index is 0. The fourth-order valence-electron chi connectivity index (χ4n) is 3.09. The number of amides is 1. The molecule has 0 aromatic heterocycles. The summed E-state index contributed by atoms with van der Waals surface area (Å²) >= 11 is 5.99. The van der Waals surface area contributed by atoms with Crippen molar-refractivity contribution >= 4 is 29.9 Å². The molecule has 0 saturated heterocycles. The summed E-state index contributed by atoms with van der Waals surface area (Å²) in [7, 11) is 1.91. The third-order valence-electron chi connectivity index (χ3n) is 4.60. The van der Waals surface area contributed by atoms with Crippen molar-refractivity contribution in [1.82, 2.24) is 10.6 Å². The van der Waals surface area contributed by atoms with E-state index in [2.05, 4.69) is 17.6 Å². The van der Waals surface area contributed by atoms with Crippen LogP contribution in [0, 0.1) is 0 Å². The van der Waals surface area contributed by atoms with Crippen molar-refractivity contribution in [2.45, 2.75) is 50.5 Å². The zero-order valence-corrected chi connectivity index (χ0v) is 14.9. The van der Waals surface area contributed by atoms with E-state index in [4.69, 9.17) is 11.6 Å². The molecular weight excluding hydrogens is 319 g/mol. The second-order valence-electron chi connectivity index (χ2n) is 6.05. The van der Waals surface area contributed by atoms with Crippen LogP contribution in [-0.4, -0.2) is 25.5 Å². The van der Waals surface area contributed by atoms with Gasteiger partial charge in [0.1, 0.15) is 0 Å². The molecule has 1 aromatic carbocycles. The van der Waals surface area contributed by atoms with Gasteiger partial charge in [-0.1, -0.05) is 43.0 Å². The Kier molecular flexibility index (Phi) is 7.67. The van der Waals surface area contributed by atoms with Crippen molar-refractivity contribution in [2.75, 3.05) is 13.6 Å². The van der Waals surface area contributed by atoms with E-state index < -0.39 is 0 Å². The number of hydrogen-bond acceptors (Lipinski definition) is 2. The molecule has 1 aliphatic rings. The molecule has 124 valence electrons. The highest BCUT2D eigenvalue weighted by molar-refractivity contribution is 6.30. The van der Waals surface area contributed by atoms with Gasteiger partial charge in [-0.05, 0) is 44.5 Å². The number of benzene rings is 1. The number of halogens is 2. The summed E-state index contributed by atoms with van der Waals surface area (Å²) in [5, 5.41) is 6.99. The van der Waals surface area contributed by atoms with E-state index in [-0.39, 0.29) is 29.8 Å². The molecule has 0 aliphatic heterocycles. The SMILES string of the molecule is CNC(C)CNC(=O)C1(c2ccc(Cl)cc2)CCCCC1.Cl. The van der Waals surface area contributed by atoms with Crippen LogP contribution in [0.3, 0.4) is 0 Å². The number of likely N-dealkylation sites (N-methyl/N-ethyl adjacent to an activating group) is 1. The zero-order valence-electron chi connectivity index (χ0n) is 13.3. The summed E-state index contributed by atoms with van der Waals surface area (Å²) in [5.41, 5.74) is 0.720. The van der Waals surface area contributed by atoms with Gasteiger partial charge in [0, 0.05) is 17.6 Å². The Balaban J connectivity index is 0.00000242. The maximum Gasteiger partial charge on any atom is 0.230 e. The fraction of sp³-hybridized carbons (Fsp3) is 0.588. The lowest BCUT2D eigenvalue weighted by molar-refractivity contribution is -0.128. The van der Waals surface area contributed by atoms with Crippen molar-refractivity contribution in [2.24, 2.45) is 0 Å². The van der Waals surface area contributed by atoms with E-state index in [1.54, 1.807) is 0 Å². The molecule has 22 heavy (non-hydrogen) atoms. The number of carbonyl (C=O) groups excluding carboxylic acids is 1. The van der Waals surface area contributed by atoms with Crippen molar-refractivity contribution in [1.29, 1.82) is 0 Å². The minimum atomic E-state index is -0.379. The van der Waals surface area contributed by atoms with Gasteiger partial charge in [0.15, 0.2) is 0 Å². The third-order valence-corrected chi connectivity index (χ3v) is 4.85. The zero-order chi connectivity index (χ0) is 15.3. The lowest BCUT2D eigenvalue weighted by atomic mass is 9.68. The largest absolute Gasteiger partial charge is 0.354 e. The van der Waals surface area contributed by atoms with E-state index >= 15 is 0 Å². The summed E-state index contributed by atoms with van der Waals surface area (Å²) < 4.78 is 0. The number of hydrogen-bond donors (Lipinski definition) is 2. The van der Waals surface area contributed by atoms with Gasteiger partial charge in [-0.15, -0.1) is 12.4 Å². The molecule has 1 aromatic rings. The average molecular weight is 345 g/mol. The number of carbonyl (C=O) groups is 1. The number of rotatable bonds is 5. The van der Waals surface area contributed by atoms with Crippen LogP contribution in [0.5, 0.6) is 0 Å². The highest BCUT2D eigenvalue weighted by atomic mass is 35.5. The van der Waals surface area contributed by atoms with Crippen molar-refractivity contribution in [3.05, 3.63) is 34.9 Å². The molecule has 1 fully saturated rings. The summed E-state index contributed by atoms with van der Waals surface area (Å²) in [6.45, 7) is 2.72. The summed E-state index contributed by atoms with van der Waals surface area (Å²) in [6.07, 6.45) is 5.29. The molecular formula is C17H26Cl2N2O. The molecule has 1 aliphatic carbocycles. The fourth-order valence-corrected chi connectivity index (χ4v) is 3.21. The first-order chi connectivity index (χ1) is 10.1. The Morgan fingerprint density at radius 3 is 2.36 bits per heavy atom. The molecule has 5 heteroatoms. The lowest BCUT2D eigenvalue weighted by Crippen LogP contribution is -2.48. The van der Waals surface area contributed by atoms with Gasteiger partial charge in [-0.2, -0.15) is 0 Å². The summed E-state index contributed by atoms with van der Waals surface area (Å²) in [6, 6.07) is 8.07. The van der Waals surface area contributed by atoms with Gasteiger partial charge in [0.2, 0.25) is 5.91 Å². The Hall–Kier alpha value is -0.770. The summed E-state index contributed by atoms with van der Waals surface area (Å²) in [4.78, 5) is 12.9. The first kappa shape index (κ1) is 19.3. The Labute approximate surface area is 144 Å². The maximum atomic E-state index is 12.9. The van der Waals surface area contributed by atoms with Crippen LogP contribution in [0.1, 0.15) is 44.6 Å². The van der Waals surface area contributed by atoms with Crippen LogP contribution in [-0.2, 0) is 10.2 Å². The molecule has 1 unspecified atom stereocenters. The van der Waals surface area contributed by atoms with Gasteiger partial charge in [-0.3, -0.25) is 4.79 Å². The quantitative estimate of drug-likeness (QED) is 0.855. The van der Waals surface area contributed by atoms with Crippen LogP contribution in [0.15, 0.2) is 24.3 Å². The molecule has 0 spiro atoms. The number of nitrogens with one attached hydrogen (secondary N) is 2. The molecule has 0 bridgehead atoms.